The highest BCUT2D eigenvalue weighted by atomic mass is 16.1. The lowest BCUT2D eigenvalue weighted by Crippen LogP contribution is -1.97. The third kappa shape index (κ3) is 9.71. The number of ketones is 1. The van der Waals surface area contributed by atoms with Crippen LogP contribution in [-0.4, -0.2) is 5.78 Å². The molecule has 1 nitrogen and oxygen atoms in total. The maximum Gasteiger partial charge on any atom is 0.129 e. The molecular formula is C14H26O. The summed E-state index contributed by atoms with van der Waals surface area (Å²) in [5.41, 5.74) is 1.49. The van der Waals surface area contributed by atoms with Gasteiger partial charge in [0, 0.05) is 6.42 Å². The quantitative estimate of drug-likeness (QED) is 0.538. The van der Waals surface area contributed by atoms with Crippen LogP contribution in [0.1, 0.15) is 66.2 Å². The molecule has 0 aliphatic carbocycles. The van der Waals surface area contributed by atoms with Crippen molar-refractivity contribution in [3.8, 4) is 0 Å². The summed E-state index contributed by atoms with van der Waals surface area (Å²) in [7, 11) is 0. The zero-order valence-corrected chi connectivity index (χ0v) is 10.8. The minimum atomic E-state index is 0.323. The minimum Gasteiger partial charge on any atom is -0.300 e. The van der Waals surface area contributed by atoms with E-state index < -0.39 is 0 Å². The lowest BCUT2D eigenvalue weighted by Gasteiger charge is -2.09. The Morgan fingerprint density at radius 3 is 2.47 bits per heavy atom. The maximum absolute atomic E-state index is 10.8. The topological polar surface area (TPSA) is 17.1 Å². The van der Waals surface area contributed by atoms with Gasteiger partial charge in [-0.3, -0.25) is 0 Å². The lowest BCUT2D eigenvalue weighted by atomic mass is 9.97. The molecule has 0 aliphatic heterocycles. The first kappa shape index (κ1) is 14.4. The van der Waals surface area contributed by atoms with Gasteiger partial charge in [0.25, 0.3) is 0 Å². The number of carbonyl (C=O) groups is 1. The van der Waals surface area contributed by atoms with Gasteiger partial charge in [-0.15, -0.1) is 0 Å². The molecule has 0 aromatic heterocycles. The van der Waals surface area contributed by atoms with Gasteiger partial charge >= 0.3 is 0 Å². The molecule has 0 amide bonds. The average molecular weight is 210 g/mol. The molecule has 0 saturated heterocycles. The van der Waals surface area contributed by atoms with Crippen LogP contribution in [0.15, 0.2) is 11.6 Å². The monoisotopic (exact) mass is 210 g/mol. The maximum atomic E-state index is 10.8. The fraction of sp³-hybridized carbons (Fsp3) is 0.786. The van der Waals surface area contributed by atoms with Crippen molar-refractivity contribution in [1.82, 2.24) is 0 Å². The normalized spacial score (nSPS) is 14.0. The predicted molar refractivity (Wildman–Crippen MR) is 67.0 cm³/mol. The highest BCUT2D eigenvalue weighted by Gasteiger charge is 2.02. The van der Waals surface area contributed by atoms with Crippen molar-refractivity contribution in [3.63, 3.8) is 0 Å². The van der Waals surface area contributed by atoms with E-state index in [0.29, 0.717) is 5.78 Å². The Kier molecular flexibility index (Phi) is 8.35. The van der Waals surface area contributed by atoms with Gasteiger partial charge < -0.3 is 4.79 Å². The third-order valence-corrected chi connectivity index (χ3v) is 2.94. The highest BCUT2D eigenvalue weighted by molar-refractivity contribution is 5.75. The standard InChI is InChI=1S/C14H26O/c1-5-12(2)8-6-9-13(3)10-7-11-14(4)15/h8,13H,5-7,9-11H2,1-4H3/b12-8+. The van der Waals surface area contributed by atoms with E-state index in [-0.39, 0.29) is 0 Å². The average Bonchev–Trinajstić information content (AvgIpc) is 2.17. The number of hydrogen-bond donors (Lipinski definition) is 0. The van der Waals surface area contributed by atoms with Crippen LogP contribution in [0, 0.1) is 5.92 Å². The van der Waals surface area contributed by atoms with Crippen molar-refractivity contribution < 1.29 is 4.79 Å². The van der Waals surface area contributed by atoms with E-state index >= 15 is 0 Å². The molecule has 0 heterocycles. The van der Waals surface area contributed by atoms with E-state index in [0.717, 1.165) is 18.8 Å². The SMILES string of the molecule is CC/C(C)=C/CCC(C)CCCC(C)=O. The molecule has 0 spiro atoms. The van der Waals surface area contributed by atoms with E-state index in [1.807, 2.05) is 0 Å². The molecule has 0 radical (unpaired) electrons. The zero-order chi connectivity index (χ0) is 11.7. The van der Waals surface area contributed by atoms with Gasteiger partial charge in [-0.25, -0.2) is 0 Å². The summed E-state index contributed by atoms with van der Waals surface area (Å²) in [4.78, 5) is 10.8. The Balaban J connectivity index is 3.49. The fourth-order valence-electron chi connectivity index (χ4n) is 1.60. The van der Waals surface area contributed by atoms with Crippen LogP contribution in [-0.2, 0) is 4.79 Å². The van der Waals surface area contributed by atoms with Gasteiger partial charge in [-0.2, -0.15) is 0 Å². The highest BCUT2D eigenvalue weighted by Crippen LogP contribution is 2.15. The van der Waals surface area contributed by atoms with Crippen molar-refractivity contribution in [2.24, 2.45) is 5.92 Å². The number of Topliss-reactive ketones (excluding diaryl/α,β-unsaturated/α-hetero) is 1. The molecule has 0 bridgehead atoms. The summed E-state index contributed by atoms with van der Waals surface area (Å²) in [5, 5.41) is 0. The van der Waals surface area contributed by atoms with Crippen LogP contribution in [0.3, 0.4) is 0 Å². The Hall–Kier alpha value is -0.590. The number of allylic oxidation sites excluding steroid dienone is 2. The second-order valence-electron chi connectivity index (χ2n) is 4.68. The zero-order valence-electron chi connectivity index (χ0n) is 10.8. The van der Waals surface area contributed by atoms with Crippen LogP contribution in [0.5, 0.6) is 0 Å². The van der Waals surface area contributed by atoms with Gasteiger partial charge in [-0.1, -0.05) is 31.9 Å². The fourth-order valence-corrected chi connectivity index (χ4v) is 1.60. The van der Waals surface area contributed by atoms with E-state index in [4.69, 9.17) is 0 Å². The van der Waals surface area contributed by atoms with Crippen LogP contribution in [0.25, 0.3) is 0 Å². The van der Waals surface area contributed by atoms with Crippen molar-refractivity contribution in [2.45, 2.75) is 66.2 Å². The minimum absolute atomic E-state index is 0.323. The van der Waals surface area contributed by atoms with Gasteiger partial charge in [0.15, 0.2) is 0 Å². The van der Waals surface area contributed by atoms with Gasteiger partial charge in [0.2, 0.25) is 0 Å². The van der Waals surface area contributed by atoms with Crippen molar-refractivity contribution in [2.75, 3.05) is 0 Å². The summed E-state index contributed by atoms with van der Waals surface area (Å²) >= 11 is 0. The molecule has 15 heavy (non-hydrogen) atoms. The second kappa shape index (κ2) is 8.70. The van der Waals surface area contributed by atoms with Crippen molar-refractivity contribution in [3.05, 3.63) is 11.6 Å². The molecule has 1 heteroatoms. The number of rotatable bonds is 8. The summed E-state index contributed by atoms with van der Waals surface area (Å²) in [6.45, 7) is 8.36. The van der Waals surface area contributed by atoms with Gasteiger partial charge in [0.05, 0.1) is 0 Å². The molecule has 0 aliphatic rings. The molecule has 1 unspecified atom stereocenters. The third-order valence-electron chi connectivity index (χ3n) is 2.94. The number of carbonyl (C=O) groups excluding carboxylic acids is 1. The van der Waals surface area contributed by atoms with Gasteiger partial charge in [0.1, 0.15) is 5.78 Å². The summed E-state index contributed by atoms with van der Waals surface area (Å²) in [5.74, 6) is 1.08. The molecule has 0 aromatic rings. The molecule has 0 rings (SSSR count). The van der Waals surface area contributed by atoms with E-state index in [9.17, 15) is 4.79 Å². The molecule has 0 aromatic carbocycles. The smallest absolute Gasteiger partial charge is 0.129 e. The molecule has 0 N–H and O–H groups in total. The van der Waals surface area contributed by atoms with E-state index in [2.05, 4.69) is 26.8 Å². The Morgan fingerprint density at radius 2 is 1.93 bits per heavy atom. The summed E-state index contributed by atoms with van der Waals surface area (Å²) < 4.78 is 0. The largest absolute Gasteiger partial charge is 0.300 e. The molecule has 88 valence electrons. The molecule has 0 saturated carbocycles. The first-order chi connectivity index (χ1) is 7.06. The predicted octanol–water partition coefficient (Wildman–Crippen LogP) is 4.52. The van der Waals surface area contributed by atoms with Crippen LogP contribution >= 0.6 is 0 Å². The van der Waals surface area contributed by atoms with Crippen LogP contribution in [0.4, 0.5) is 0 Å². The molecule has 1 atom stereocenters. The van der Waals surface area contributed by atoms with E-state index in [1.54, 1.807) is 6.92 Å². The summed E-state index contributed by atoms with van der Waals surface area (Å²) in [6.07, 6.45) is 8.98. The lowest BCUT2D eigenvalue weighted by molar-refractivity contribution is -0.117. The van der Waals surface area contributed by atoms with Crippen LogP contribution in [0.2, 0.25) is 0 Å². The Labute approximate surface area is 95.0 Å². The van der Waals surface area contributed by atoms with Crippen LogP contribution < -0.4 is 0 Å². The number of hydrogen-bond acceptors (Lipinski definition) is 1. The Bertz CT molecular complexity index is 203. The molecular weight excluding hydrogens is 184 g/mol. The second-order valence-corrected chi connectivity index (χ2v) is 4.68. The summed E-state index contributed by atoms with van der Waals surface area (Å²) in [6, 6.07) is 0. The van der Waals surface area contributed by atoms with Crippen molar-refractivity contribution >= 4 is 5.78 Å². The molecule has 0 fully saturated rings. The van der Waals surface area contributed by atoms with Gasteiger partial charge in [-0.05, 0) is 45.4 Å². The first-order valence-electron chi connectivity index (χ1n) is 6.21. The Morgan fingerprint density at radius 1 is 1.27 bits per heavy atom. The van der Waals surface area contributed by atoms with Crippen molar-refractivity contribution in [1.29, 1.82) is 0 Å². The first-order valence-corrected chi connectivity index (χ1v) is 6.21. The van der Waals surface area contributed by atoms with E-state index in [1.165, 1.54) is 31.3 Å².